The maximum absolute atomic E-state index is 13.2. The fourth-order valence-corrected chi connectivity index (χ4v) is 5.15. The van der Waals surface area contributed by atoms with Crippen molar-refractivity contribution in [2.75, 3.05) is 31.7 Å². The van der Waals surface area contributed by atoms with Gasteiger partial charge in [0.25, 0.3) is 0 Å². The van der Waals surface area contributed by atoms with E-state index in [0.29, 0.717) is 12.3 Å². The van der Waals surface area contributed by atoms with Gasteiger partial charge in [-0.25, -0.2) is 4.79 Å². The maximum Gasteiger partial charge on any atom is 0.407 e. The van der Waals surface area contributed by atoms with Gasteiger partial charge in [0, 0.05) is 18.2 Å². The number of carbonyl (C=O) groups is 3. The summed E-state index contributed by atoms with van der Waals surface area (Å²) >= 11 is 1.54. The number of nitrogens with one attached hydrogen (secondary N) is 1. The molecule has 1 saturated carbocycles. The summed E-state index contributed by atoms with van der Waals surface area (Å²) in [4.78, 5) is 38.7. The molecule has 2 N–H and O–H groups in total. The Morgan fingerprint density at radius 1 is 1.09 bits per heavy atom. The van der Waals surface area contributed by atoms with Crippen molar-refractivity contribution in [1.29, 1.82) is 0 Å². The quantitative estimate of drug-likeness (QED) is 0.532. The van der Waals surface area contributed by atoms with Crippen LogP contribution >= 0.6 is 11.8 Å². The number of aliphatic carboxylic acids is 1. The minimum absolute atomic E-state index is 0.00134. The first-order valence-corrected chi connectivity index (χ1v) is 13.0. The van der Waals surface area contributed by atoms with Crippen molar-refractivity contribution >= 4 is 29.7 Å². The number of thioether (sulfide) groups is 1. The van der Waals surface area contributed by atoms with E-state index in [9.17, 15) is 19.5 Å². The molecule has 0 bridgehead atoms. The Morgan fingerprint density at radius 2 is 1.71 bits per heavy atom. The van der Waals surface area contributed by atoms with Gasteiger partial charge in [-0.3, -0.25) is 9.59 Å². The summed E-state index contributed by atoms with van der Waals surface area (Å²) in [6.07, 6.45) is 3.89. The van der Waals surface area contributed by atoms with Crippen molar-refractivity contribution in [3.63, 3.8) is 0 Å². The van der Waals surface area contributed by atoms with E-state index in [1.54, 1.807) is 11.8 Å². The van der Waals surface area contributed by atoms with Crippen LogP contribution in [0.3, 0.4) is 0 Å². The number of rotatable bonds is 10. The van der Waals surface area contributed by atoms with Crippen LogP contribution in [0.2, 0.25) is 0 Å². The Labute approximate surface area is 203 Å². The lowest BCUT2D eigenvalue weighted by molar-refractivity contribution is -0.146. The molecule has 180 valence electrons. The van der Waals surface area contributed by atoms with Crippen molar-refractivity contribution in [1.82, 2.24) is 10.2 Å². The van der Waals surface area contributed by atoms with E-state index in [2.05, 4.69) is 29.6 Å². The van der Waals surface area contributed by atoms with Gasteiger partial charge in [-0.2, -0.15) is 11.8 Å². The second-order valence-electron chi connectivity index (χ2n) is 8.78. The molecule has 0 spiro atoms. The van der Waals surface area contributed by atoms with Crippen molar-refractivity contribution in [2.45, 2.75) is 31.2 Å². The van der Waals surface area contributed by atoms with Crippen LogP contribution in [0.1, 0.15) is 36.3 Å². The third kappa shape index (κ3) is 5.22. The maximum atomic E-state index is 13.2. The largest absolute Gasteiger partial charge is 0.480 e. The Kier molecular flexibility index (Phi) is 7.77. The third-order valence-corrected chi connectivity index (χ3v) is 7.30. The van der Waals surface area contributed by atoms with Gasteiger partial charge in [-0.1, -0.05) is 55.0 Å². The smallest absolute Gasteiger partial charge is 0.407 e. The summed E-state index contributed by atoms with van der Waals surface area (Å²) in [6.45, 7) is 0.105. The molecule has 1 atom stereocenters. The number of hydrogen-bond acceptors (Lipinski definition) is 5. The second kappa shape index (κ2) is 11.0. The lowest BCUT2D eigenvalue weighted by Gasteiger charge is -2.36. The second-order valence-corrected chi connectivity index (χ2v) is 9.77. The summed E-state index contributed by atoms with van der Waals surface area (Å²) in [6, 6.07) is 15.4. The molecule has 1 unspecified atom stereocenters. The summed E-state index contributed by atoms with van der Waals surface area (Å²) in [5.41, 5.74) is 4.53. The first kappa shape index (κ1) is 24.1. The van der Waals surface area contributed by atoms with Gasteiger partial charge in [-0.15, -0.1) is 0 Å². The molecule has 0 aliphatic heterocycles. The third-order valence-electron chi connectivity index (χ3n) is 6.71. The highest BCUT2D eigenvalue weighted by atomic mass is 32.2. The van der Waals surface area contributed by atoms with Crippen molar-refractivity contribution < 1.29 is 24.2 Å². The zero-order valence-electron chi connectivity index (χ0n) is 19.2. The predicted octanol–water partition coefficient (Wildman–Crippen LogP) is 3.97. The Morgan fingerprint density at radius 3 is 2.24 bits per heavy atom. The molecular formula is C26H30N2O5S. The van der Waals surface area contributed by atoms with Gasteiger partial charge in [0.15, 0.2) is 0 Å². The molecule has 0 saturated heterocycles. The van der Waals surface area contributed by atoms with E-state index in [-0.39, 0.29) is 30.9 Å². The van der Waals surface area contributed by atoms with E-state index in [1.165, 1.54) is 4.90 Å². The minimum atomic E-state index is -1.07. The Hall–Kier alpha value is -3.00. The zero-order valence-corrected chi connectivity index (χ0v) is 20.1. The number of amides is 2. The van der Waals surface area contributed by atoms with Gasteiger partial charge in [0.2, 0.25) is 5.91 Å². The summed E-state index contributed by atoms with van der Waals surface area (Å²) in [5.74, 6) is -0.862. The van der Waals surface area contributed by atoms with E-state index in [1.807, 2.05) is 30.5 Å². The van der Waals surface area contributed by atoms with E-state index in [0.717, 1.165) is 41.5 Å². The Balaban J connectivity index is 1.44. The minimum Gasteiger partial charge on any atom is -0.480 e. The molecule has 1 fully saturated rings. The lowest BCUT2D eigenvalue weighted by atomic mass is 9.79. The Bertz CT molecular complexity index is 1010. The van der Waals surface area contributed by atoms with E-state index >= 15 is 0 Å². The van der Waals surface area contributed by atoms with Crippen LogP contribution < -0.4 is 5.32 Å². The standard InChI is InChI=1S/C26H30N2O5S/c1-34-14-13-28(15-23(29)30)25(31)24(17-7-6-8-17)27-26(32)33-16-22-20-11-4-2-9-18(20)19-10-3-5-12-21(19)22/h2-5,9-12,17,22,24H,6-8,13-16H2,1H3,(H,27,32)(H,29,30). The molecule has 0 heterocycles. The van der Waals surface area contributed by atoms with E-state index in [4.69, 9.17) is 4.74 Å². The number of hydrogen-bond donors (Lipinski definition) is 2. The number of fused-ring (bicyclic) bond motifs is 3. The fraction of sp³-hybridized carbons (Fsp3) is 0.423. The van der Waals surface area contributed by atoms with Crippen LogP contribution in [0.5, 0.6) is 0 Å². The molecule has 8 heteroatoms. The molecule has 2 aromatic carbocycles. The zero-order chi connectivity index (χ0) is 24.1. The van der Waals surface area contributed by atoms with Gasteiger partial charge < -0.3 is 20.1 Å². The number of carboxylic acid groups (broad SMARTS) is 1. The molecule has 4 rings (SSSR count). The van der Waals surface area contributed by atoms with E-state index < -0.39 is 18.1 Å². The van der Waals surface area contributed by atoms with Gasteiger partial charge in [-0.05, 0) is 47.3 Å². The molecule has 2 amide bonds. The summed E-state index contributed by atoms with van der Waals surface area (Å²) < 4.78 is 5.64. The first-order valence-electron chi connectivity index (χ1n) is 11.6. The summed E-state index contributed by atoms with van der Waals surface area (Å²) in [5, 5.41) is 12.0. The molecule has 0 radical (unpaired) electrons. The molecule has 2 aromatic rings. The number of nitrogens with zero attached hydrogens (tertiary/aromatic N) is 1. The highest BCUT2D eigenvalue weighted by Crippen LogP contribution is 2.44. The normalized spacial score (nSPS) is 15.6. The van der Waals surface area contributed by atoms with Crippen molar-refractivity contribution in [3.8, 4) is 11.1 Å². The molecule has 0 aromatic heterocycles. The lowest BCUT2D eigenvalue weighted by Crippen LogP contribution is -2.55. The molecule has 2 aliphatic rings. The molecule has 7 nitrogen and oxygen atoms in total. The summed E-state index contributed by atoms with van der Waals surface area (Å²) in [7, 11) is 0. The van der Waals surface area contributed by atoms with Crippen LogP contribution in [0, 0.1) is 5.92 Å². The number of alkyl carbamates (subject to hydrolysis) is 1. The SMILES string of the molecule is CSCCN(CC(=O)O)C(=O)C(NC(=O)OCC1c2ccccc2-c2ccccc21)C1CCC1. The van der Waals surface area contributed by atoms with Crippen LogP contribution in [-0.2, 0) is 14.3 Å². The highest BCUT2D eigenvalue weighted by molar-refractivity contribution is 7.98. The fourth-order valence-electron chi connectivity index (χ4n) is 4.75. The number of benzene rings is 2. The van der Waals surface area contributed by atoms with Gasteiger partial charge in [0.1, 0.15) is 19.2 Å². The topological polar surface area (TPSA) is 95.9 Å². The van der Waals surface area contributed by atoms with Crippen LogP contribution in [-0.4, -0.2) is 65.7 Å². The predicted molar refractivity (Wildman–Crippen MR) is 132 cm³/mol. The number of ether oxygens (including phenoxy) is 1. The molecule has 34 heavy (non-hydrogen) atoms. The average molecular weight is 483 g/mol. The van der Waals surface area contributed by atoms with Crippen LogP contribution in [0.4, 0.5) is 4.79 Å². The highest BCUT2D eigenvalue weighted by Gasteiger charge is 2.37. The number of carbonyl (C=O) groups excluding carboxylic acids is 2. The molecular weight excluding hydrogens is 452 g/mol. The average Bonchev–Trinajstić information content (AvgIpc) is 3.12. The van der Waals surface area contributed by atoms with Crippen LogP contribution in [0.25, 0.3) is 11.1 Å². The van der Waals surface area contributed by atoms with Gasteiger partial charge >= 0.3 is 12.1 Å². The first-order chi connectivity index (χ1) is 16.5. The van der Waals surface area contributed by atoms with Crippen LogP contribution in [0.15, 0.2) is 48.5 Å². The monoisotopic (exact) mass is 482 g/mol. The van der Waals surface area contributed by atoms with Crippen molar-refractivity contribution in [3.05, 3.63) is 59.7 Å². The van der Waals surface area contributed by atoms with Crippen molar-refractivity contribution in [2.24, 2.45) is 5.92 Å². The van der Waals surface area contributed by atoms with Gasteiger partial charge in [0.05, 0.1) is 0 Å². The number of carboxylic acids is 1. The molecule has 2 aliphatic carbocycles.